The third-order valence-corrected chi connectivity index (χ3v) is 9.82. The molecular formula is C39H22N4OS. The number of hydrogen-bond donors (Lipinski definition) is 0. The van der Waals surface area contributed by atoms with Crippen LogP contribution in [-0.2, 0) is 0 Å². The molecule has 210 valence electrons. The van der Waals surface area contributed by atoms with Gasteiger partial charge in [0.15, 0.2) is 17.2 Å². The molecule has 10 rings (SSSR count). The molecule has 4 aromatic heterocycles. The summed E-state index contributed by atoms with van der Waals surface area (Å²) in [6.45, 7) is 0. The predicted molar refractivity (Wildman–Crippen MR) is 185 cm³/mol. The molecule has 4 heterocycles. The smallest absolute Gasteiger partial charge is 0.238 e. The van der Waals surface area contributed by atoms with Gasteiger partial charge >= 0.3 is 0 Å². The molecule has 6 aromatic carbocycles. The topological polar surface area (TPSA) is 56.7 Å². The highest BCUT2D eigenvalue weighted by molar-refractivity contribution is 7.27. The van der Waals surface area contributed by atoms with E-state index >= 15 is 0 Å². The van der Waals surface area contributed by atoms with E-state index in [2.05, 4.69) is 71.3 Å². The lowest BCUT2D eigenvalue weighted by molar-refractivity contribution is 0.673. The van der Waals surface area contributed by atoms with Gasteiger partial charge in [0.2, 0.25) is 5.95 Å². The Morgan fingerprint density at radius 1 is 0.511 bits per heavy atom. The second-order valence-corrected chi connectivity index (χ2v) is 12.2. The zero-order chi connectivity index (χ0) is 29.5. The van der Waals surface area contributed by atoms with E-state index < -0.39 is 0 Å². The second-order valence-electron chi connectivity index (χ2n) is 11.2. The fourth-order valence-electron chi connectivity index (χ4n) is 6.73. The molecule has 0 aliphatic carbocycles. The van der Waals surface area contributed by atoms with Crippen molar-refractivity contribution in [1.82, 2.24) is 19.5 Å². The number of para-hydroxylation sites is 2. The average molecular weight is 595 g/mol. The standard InChI is InChI=1S/C39H22N4OS/c1-3-13-23(14-4-1)37-40-38(24-15-5-2-6-16-24)42-39(41-37)43-28-20-10-7-17-25(28)31-32-27-19-9-12-22-30(27)45-36(32)35-33(34(31)43)26-18-8-11-21-29(26)44-35/h1-22H. The number of thiophene rings is 1. The highest BCUT2D eigenvalue weighted by Crippen LogP contribution is 2.50. The minimum Gasteiger partial charge on any atom is -0.454 e. The second kappa shape index (κ2) is 9.32. The number of fused-ring (bicyclic) bond motifs is 12. The Balaban J connectivity index is 1.46. The van der Waals surface area contributed by atoms with Crippen molar-refractivity contribution in [1.29, 1.82) is 0 Å². The van der Waals surface area contributed by atoms with Crippen molar-refractivity contribution in [3.63, 3.8) is 0 Å². The van der Waals surface area contributed by atoms with E-state index in [-0.39, 0.29) is 0 Å². The van der Waals surface area contributed by atoms with Crippen LogP contribution in [0.15, 0.2) is 138 Å². The van der Waals surface area contributed by atoms with Crippen LogP contribution in [0, 0.1) is 0 Å². The van der Waals surface area contributed by atoms with Crippen molar-refractivity contribution in [3.05, 3.63) is 133 Å². The number of rotatable bonds is 3. The number of furan rings is 1. The van der Waals surface area contributed by atoms with Crippen LogP contribution >= 0.6 is 11.3 Å². The predicted octanol–water partition coefficient (Wildman–Crippen LogP) is 10.6. The molecule has 0 radical (unpaired) electrons. The van der Waals surface area contributed by atoms with E-state index in [9.17, 15) is 0 Å². The molecule has 0 atom stereocenters. The Morgan fingerprint density at radius 3 is 1.84 bits per heavy atom. The number of nitrogens with zero attached hydrogens (tertiary/aromatic N) is 4. The lowest BCUT2D eigenvalue weighted by Gasteiger charge is -2.11. The molecule has 0 unspecified atom stereocenters. The van der Waals surface area contributed by atoms with Crippen LogP contribution in [0.3, 0.4) is 0 Å². The summed E-state index contributed by atoms with van der Waals surface area (Å²) in [5.41, 5.74) is 5.70. The molecule has 0 bridgehead atoms. The van der Waals surface area contributed by atoms with Crippen LogP contribution in [0.2, 0.25) is 0 Å². The molecule has 0 spiro atoms. The van der Waals surface area contributed by atoms with Crippen molar-refractivity contribution >= 4 is 75.3 Å². The van der Waals surface area contributed by atoms with Gasteiger partial charge in [-0.15, -0.1) is 11.3 Å². The van der Waals surface area contributed by atoms with Gasteiger partial charge in [-0.25, -0.2) is 4.98 Å². The molecule has 10 aromatic rings. The Morgan fingerprint density at radius 2 is 1.11 bits per heavy atom. The maximum Gasteiger partial charge on any atom is 0.238 e. The van der Waals surface area contributed by atoms with Gasteiger partial charge in [0.1, 0.15) is 5.58 Å². The Hall–Kier alpha value is -5.85. The van der Waals surface area contributed by atoms with Gasteiger partial charge < -0.3 is 4.42 Å². The summed E-state index contributed by atoms with van der Waals surface area (Å²) in [5.74, 6) is 1.82. The summed E-state index contributed by atoms with van der Waals surface area (Å²) >= 11 is 1.79. The summed E-state index contributed by atoms with van der Waals surface area (Å²) < 4.78 is 11.3. The number of hydrogen-bond acceptors (Lipinski definition) is 5. The van der Waals surface area contributed by atoms with E-state index in [0.717, 1.165) is 54.2 Å². The zero-order valence-electron chi connectivity index (χ0n) is 23.8. The molecular weight excluding hydrogens is 573 g/mol. The van der Waals surface area contributed by atoms with E-state index in [1.807, 2.05) is 66.7 Å². The van der Waals surface area contributed by atoms with Crippen LogP contribution in [0.4, 0.5) is 0 Å². The molecule has 0 amide bonds. The van der Waals surface area contributed by atoms with Gasteiger partial charge in [0.25, 0.3) is 0 Å². The van der Waals surface area contributed by atoms with E-state index in [0.29, 0.717) is 17.6 Å². The van der Waals surface area contributed by atoms with Gasteiger partial charge in [-0.3, -0.25) is 4.57 Å². The molecule has 45 heavy (non-hydrogen) atoms. The van der Waals surface area contributed by atoms with Crippen molar-refractivity contribution in [2.75, 3.05) is 0 Å². The number of benzene rings is 6. The van der Waals surface area contributed by atoms with Gasteiger partial charge in [0.05, 0.1) is 21.1 Å². The van der Waals surface area contributed by atoms with Gasteiger partial charge in [-0.05, 0) is 18.2 Å². The number of aromatic nitrogens is 4. The largest absolute Gasteiger partial charge is 0.454 e. The Bertz CT molecular complexity index is 2700. The van der Waals surface area contributed by atoms with Crippen molar-refractivity contribution < 1.29 is 4.42 Å². The van der Waals surface area contributed by atoms with Gasteiger partial charge in [0, 0.05) is 42.8 Å². The van der Waals surface area contributed by atoms with Gasteiger partial charge in [-0.2, -0.15) is 9.97 Å². The van der Waals surface area contributed by atoms with Crippen LogP contribution < -0.4 is 0 Å². The third kappa shape index (κ3) is 3.51. The first kappa shape index (κ1) is 24.6. The maximum atomic E-state index is 6.72. The van der Waals surface area contributed by atoms with Crippen LogP contribution in [0.1, 0.15) is 0 Å². The summed E-state index contributed by atoms with van der Waals surface area (Å²) in [7, 11) is 0. The third-order valence-electron chi connectivity index (χ3n) is 8.65. The minimum absolute atomic E-state index is 0.569. The Kier molecular flexibility index (Phi) is 5.09. The fraction of sp³-hybridized carbons (Fsp3) is 0. The van der Waals surface area contributed by atoms with Crippen molar-refractivity contribution in [3.8, 4) is 28.7 Å². The summed E-state index contributed by atoms with van der Waals surface area (Å²) in [5, 5.41) is 6.89. The SMILES string of the molecule is c1ccc(-c2nc(-c3ccccc3)nc(-n3c4ccccc4c4c5c6ccccc6sc5c5oc6ccccc6c5c43)n2)cc1. The molecule has 0 fully saturated rings. The minimum atomic E-state index is 0.569. The van der Waals surface area contributed by atoms with Gasteiger partial charge in [-0.1, -0.05) is 115 Å². The van der Waals surface area contributed by atoms with Crippen LogP contribution in [0.5, 0.6) is 0 Å². The highest BCUT2D eigenvalue weighted by Gasteiger charge is 2.26. The normalized spacial score (nSPS) is 12.0. The summed E-state index contributed by atoms with van der Waals surface area (Å²) in [4.78, 5) is 15.3. The van der Waals surface area contributed by atoms with Crippen LogP contribution in [-0.4, -0.2) is 19.5 Å². The molecule has 0 saturated carbocycles. The van der Waals surface area contributed by atoms with E-state index in [1.165, 1.54) is 20.9 Å². The van der Waals surface area contributed by atoms with E-state index in [4.69, 9.17) is 19.4 Å². The monoisotopic (exact) mass is 594 g/mol. The molecule has 0 aliphatic rings. The van der Waals surface area contributed by atoms with Crippen LogP contribution in [0.25, 0.3) is 92.6 Å². The molecule has 5 nitrogen and oxygen atoms in total. The maximum absolute atomic E-state index is 6.72. The molecule has 6 heteroatoms. The van der Waals surface area contributed by atoms with Crippen molar-refractivity contribution in [2.24, 2.45) is 0 Å². The lowest BCUT2D eigenvalue weighted by Crippen LogP contribution is -2.06. The van der Waals surface area contributed by atoms with Crippen molar-refractivity contribution in [2.45, 2.75) is 0 Å². The van der Waals surface area contributed by atoms with E-state index in [1.54, 1.807) is 11.3 Å². The molecule has 0 N–H and O–H groups in total. The first-order chi connectivity index (χ1) is 22.3. The lowest BCUT2D eigenvalue weighted by atomic mass is 10.0. The fourth-order valence-corrected chi connectivity index (χ4v) is 7.93. The molecule has 0 saturated heterocycles. The zero-order valence-corrected chi connectivity index (χ0v) is 24.6. The summed E-state index contributed by atoms with van der Waals surface area (Å²) in [6, 6.07) is 45.8. The first-order valence-corrected chi connectivity index (χ1v) is 15.7. The quantitative estimate of drug-likeness (QED) is 0.204. The highest BCUT2D eigenvalue weighted by atomic mass is 32.1. The average Bonchev–Trinajstić information content (AvgIpc) is 3.79. The molecule has 0 aliphatic heterocycles. The Labute approximate surface area is 260 Å². The first-order valence-electron chi connectivity index (χ1n) is 14.9. The summed E-state index contributed by atoms with van der Waals surface area (Å²) in [6.07, 6.45) is 0.